The molecule has 0 saturated heterocycles. The average molecular weight is 288 g/mol. The van der Waals surface area contributed by atoms with Gasteiger partial charge in [-0.3, -0.25) is 4.79 Å². The van der Waals surface area contributed by atoms with E-state index in [0.717, 1.165) is 11.3 Å². The smallest absolute Gasteiger partial charge is 0.243 e. The van der Waals surface area contributed by atoms with E-state index in [2.05, 4.69) is 10.6 Å². The number of carbonyl (C=O) groups is 1. The molecule has 4 nitrogen and oxygen atoms in total. The highest BCUT2D eigenvalue weighted by atomic mass is 19.1. The van der Waals surface area contributed by atoms with E-state index in [1.807, 2.05) is 0 Å². The van der Waals surface area contributed by atoms with Crippen molar-refractivity contribution in [3.63, 3.8) is 0 Å². The Morgan fingerprint density at radius 2 is 1.86 bits per heavy atom. The molecule has 5 heteroatoms. The van der Waals surface area contributed by atoms with Crippen LogP contribution >= 0.6 is 0 Å². The van der Waals surface area contributed by atoms with Gasteiger partial charge in [-0.1, -0.05) is 0 Å². The van der Waals surface area contributed by atoms with Crippen molar-refractivity contribution in [3.8, 4) is 5.75 Å². The zero-order valence-electron chi connectivity index (χ0n) is 11.9. The molecule has 21 heavy (non-hydrogen) atoms. The summed E-state index contributed by atoms with van der Waals surface area (Å²) in [5.74, 6) is 0.191. The lowest BCUT2D eigenvalue weighted by Gasteiger charge is -2.09. The van der Waals surface area contributed by atoms with E-state index in [-0.39, 0.29) is 18.3 Å². The molecule has 0 atom stereocenters. The third kappa shape index (κ3) is 4.49. The molecular formula is C16H17FN2O2. The molecule has 2 rings (SSSR count). The molecule has 0 heterocycles. The van der Waals surface area contributed by atoms with Gasteiger partial charge in [0.1, 0.15) is 11.6 Å². The van der Waals surface area contributed by atoms with Gasteiger partial charge in [0.25, 0.3) is 0 Å². The Balaban J connectivity index is 1.89. The van der Waals surface area contributed by atoms with E-state index < -0.39 is 0 Å². The van der Waals surface area contributed by atoms with Crippen LogP contribution in [0.3, 0.4) is 0 Å². The molecule has 0 aliphatic rings. The minimum absolute atomic E-state index is 0.0644. The number of amides is 1. The van der Waals surface area contributed by atoms with Crippen LogP contribution in [-0.4, -0.2) is 19.6 Å². The first-order chi connectivity index (χ1) is 10.1. The Kier molecular flexibility index (Phi) is 4.77. The predicted molar refractivity (Wildman–Crippen MR) is 81.3 cm³/mol. The summed E-state index contributed by atoms with van der Waals surface area (Å²) < 4.78 is 18.3. The van der Waals surface area contributed by atoms with Gasteiger partial charge in [0.05, 0.1) is 13.7 Å². The topological polar surface area (TPSA) is 50.4 Å². The van der Waals surface area contributed by atoms with Crippen LogP contribution in [0.4, 0.5) is 15.8 Å². The van der Waals surface area contributed by atoms with E-state index >= 15 is 0 Å². The summed E-state index contributed by atoms with van der Waals surface area (Å²) in [4.78, 5) is 11.8. The van der Waals surface area contributed by atoms with E-state index in [1.165, 1.54) is 12.1 Å². The van der Waals surface area contributed by atoms with Crippen molar-refractivity contribution in [3.05, 3.63) is 53.8 Å². The number of methoxy groups -OCH3 is 1. The van der Waals surface area contributed by atoms with Gasteiger partial charge in [0.2, 0.25) is 5.91 Å². The molecule has 1 amide bonds. The van der Waals surface area contributed by atoms with Crippen molar-refractivity contribution >= 4 is 17.3 Å². The fraction of sp³-hybridized carbons (Fsp3) is 0.188. The number of benzene rings is 2. The van der Waals surface area contributed by atoms with Crippen LogP contribution in [0.25, 0.3) is 0 Å². The maximum atomic E-state index is 13.2. The predicted octanol–water partition coefficient (Wildman–Crippen LogP) is 3.19. The lowest BCUT2D eigenvalue weighted by molar-refractivity contribution is -0.114. The summed E-state index contributed by atoms with van der Waals surface area (Å²) in [7, 11) is 1.58. The Bertz CT molecular complexity index is 606. The molecule has 0 aromatic heterocycles. The first-order valence-electron chi connectivity index (χ1n) is 6.52. The summed E-state index contributed by atoms with van der Waals surface area (Å²) in [6.45, 7) is 1.86. The lowest BCUT2D eigenvalue weighted by Crippen LogP contribution is -2.21. The van der Waals surface area contributed by atoms with Crippen molar-refractivity contribution in [2.45, 2.75) is 6.92 Å². The summed E-state index contributed by atoms with van der Waals surface area (Å²) >= 11 is 0. The Morgan fingerprint density at radius 1 is 1.14 bits per heavy atom. The fourth-order valence-electron chi connectivity index (χ4n) is 1.90. The molecule has 2 aromatic carbocycles. The number of carbonyl (C=O) groups excluding carboxylic acids is 1. The molecule has 0 unspecified atom stereocenters. The molecule has 2 N–H and O–H groups in total. The molecule has 0 aliphatic heterocycles. The zero-order valence-corrected chi connectivity index (χ0v) is 11.9. The second kappa shape index (κ2) is 6.74. The van der Waals surface area contributed by atoms with Crippen LogP contribution in [0.5, 0.6) is 5.75 Å². The molecule has 110 valence electrons. The van der Waals surface area contributed by atoms with Crippen molar-refractivity contribution in [2.75, 3.05) is 24.3 Å². The molecular weight excluding hydrogens is 271 g/mol. The van der Waals surface area contributed by atoms with Crippen LogP contribution in [0.1, 0.15) is 5.56 Å². The van der Waals surface area contributed by atoms with Crippen molar-refractivity contribution in [1.82, 2.24) is 0 Å². The quantitative estimate of drug-likeness (QED) is 0.888. The molecule has 0 fully saturated rings. The second-order valence-corrected chi connectivity index (χ2v) is 4.65. The van der Waals surface area contributed by atoms with Crippen LogP contribution in [0, 0.1) is 12.7 Å². The number of hydrogen-bond acceptors (Lipinski definition) is 3. The number of nitrogens with one attached hydrogen (secondary N) is 2. The number of anilines is 2. The third-order valence-electron chi connectivity index (χ3n) is 2.87. The van der Waals surface area contributed by atoms with Gasteiger partial charge in [-0.05, 0) is 55.0 Å². The van der Waals surface area contributed by atoms with Gasteiger partial charge < -0.3 is 15.4 Å². The number of ether oxygens (including phenoxy) is 1. The van der Waals surface area contributed by atoms with Gasteiger partial charge in [0.15, 0.2) is 0 Å². The molecule has 0 radical (unpaired) electrons. The van der Waals surface area contributed by atoms with Crippen LogP contribution in [0.15, 0.2) is 42.5 Å². The summed E-state index contributed by atoms with van der Waals surface area (Å²) in [6, 6.07) is 11.6. The SMILES string of the molecule is COc1ccc(NC(=O)CNc2cc(C)cc(F)c2)cc1. The standard InChI is InChI=1S/C16H17FN2O2/c1-11-7-12(17)9-14(8-11)18-10-16(20)19-13-3-5-15(21-2)6-4-13/h3-9,18H,10H2,1-2H3,(H,19,20). The largest absolute Gasteiger partial charge is 0.497 e. The first-order valence-corrected chi connectivity index (χ1v) is 6.52. The maximum absolute atomic E-state index is 13.2. The number of aryl methyl sites for hydroxylation is 1. The Labute approximate surface area is 122 Å². The van der Waals surface area contributed by atoms with Gasteiger partial charge in [-0.15, -0.1) is 0 Å². The summed E-state index contributed by atoms with van der Waals surface area (Å²) in [5, 5.41) is 5.63. The summed E-state index contributed by atoms with van der Waals surface area (Å²) in [5.41, 5.74) is 2.06. The summed E-state index contributed by atoms with van der Waals surface area (Å²) in [6.07, 6.45) is 0. The Morgan fingerprint density at radius 3 is 2.48 bits per heavy atom. The highest BCUT2D eigenvalue weighted by molar-refractivity contribution is 5.93. The molecule has 0 spiro atoms. The molecule has 0 saturated carbocycles. The number of hydrogen-bond donors (Lipinski definition) is 2. The van der Waals surface area contributed by atoms with Gasteiger partial charge in [0, 0.05) is 11.4 Å². The number of halogens is 1. The third-order valence-corrected chi connectivity index (χ3v) is 2.87. The minimum atomic E-state index is -0.326. The van der Waals surface area contributed by atoms with Crippen LogP contribution in [-0.2, 0) is 4.79 Å². The van der Waals surface area contributed by atoms with Crippen LogP contribution < -0.4 is 15.4 Å². The molecule has 2 aromatic rings. The average Bonchev–Trinajstić information content (AvgIpc) is 2.45. The van der Waals surface area contributed by atoms with Crippen molar-refractivity contribution in [1.29, 1.82) is 0 Å². The normalized spacial score (nSPS) is 10.0. The molecule has 0 aliphatic carbocycles. The highest BCUT2D eigenvalue weighted by Gasteiger charge is 2.04. The highest BCUT2D eigenvalue weighted by Crippen LogP contribution is 2.15. The van der Waals surface area contributed by atoms with Crippen molar-refractivity contribution in [2.24, 2.45) is 0 Å². The zero-order chi connectivity index (χ0) is 15.2. The second-order valence-electron chi connectivity index (χ2n) is 4.65. The Hall–Kier alpha value is -2.56. The van der Waals surface area contributed by atoms with Gasteiger partial charge in [-0.2, -0.15) is 0 Å². The monoisotopic (exact) mass is 288 g/mol. The van der Waals surface area contributed by atoms with Gasteiger partial charge in [-0.25, -0.2) is 4.39 Å². The van der Waals surface area contributed by atoms with E-state index in [1.54, 1.807) is 44.4 Å². The first kappa shape index (κ1) is 14.8. The van der Waals surface area contributed by atoms with E-state index in [0.29, 0.717) is 11.4 Å². The van der Waals surface area contributed by atoms with Crippen molar-refractivity contribution < 1.29 is 13.9 Å². The number of rotatable bonds is 5. The maximum Gasteiger partial charge on any atom is 0.243 e. The van der Waals surface area contributed by atoms with E-state index in [9.17, 15) is 9.18 Å². The molecule has 0 bridgehead atoms. The van der Waals surface area contributed by atoms with Crippen LogP contribution in [0.2, 0.25) is 0 Å². The fourth-order valence-corrected chi connectivity index (χ4v) is 1.90. The minimum Gasteiger partial charge on any atom is -0.497 e. The lowest BCUT2D eigenvalue weighted by atomic mass is 10.2. The van der Waals surface area contributed by atoms with Gasteiger partial charge >= 0.3 is 0 Å². The van der Waals surface area contributed by atoms with E-state index in [4.69, 9.17) is 4.74 Å².